The molecule has 1 aromatic carbocycles. The van der Waals surface area contributed by atoms with E-state index in [4.69, 9.17) is 10.5 Å². The minimum absolute atomic E-state index is 0.0338. The second-order valence-electron chi connectivity index (χ2n) is 6.26. The fourth-order valence-electron chi connectivity index (χ4n) is 3.64. The Morgan fingerprint density at radius 2 is 1.96 bits per heavy atom. The molecule has 0 bridgehead atoms. The number of benzene rings is 1. The van der Waals surface area contributed by atoms with Crippen molar-refractivity contribution in [3.63, 3.8) is 0 Å². The lowest BCUT2D eigenvalue weighted by molar-refractivity contribution is -0.117. The van der Waals surface area contributed by atoms with Crippen LogP contribution in [0.25, 0.3) is 0 Å². The molecule has 1 aliphatic heterocycles. The standard InChI is InChI=1S/C20H16N2O2S/c21-10-15-18(13-6-7-25-11-13)19-16(23)8-14(9-17(19)24-20(15)22)12-4-2-1-3-5-12/h1-7,11,14,18H,8-9,22H2/t14-,18+/m0/s1. The van der Waals surface area contributed by atoms with E-state index in [9.17, 15) is 10.1 Å². The van der Waals surface area contributed by atoms with Crippen LogP contribution in [0.3, 0.4) is 0 Å². The molecule has 4 rings (SSSR count). The van der Waals surface area contributed by atoms with E-state index in [2.05, 4.69) is 6.07 Å². The van der Waals surface area contributed by atoms with Crippen LogP contribution in [-0.2, 0) is 9.53 Å². The van der Waals surface area contributed by atoms with E-state index in [1.807, 2.05) is 47.2 Å². The van der Waals surface area contributed by atoms with E-state index in [-0.39, 0.29) is 17.6 Å². The third kappa shape index (κ3) is 2.65. The molecule has 0 unspecified atom stereocenters. The summed E-state index contributed by atoms with van der Waals surface area (Å²) < 4.78 is 5.74. The summed E-state index contributed by atoms with van der Waals surface area (Å²) in [5, 5.41) is 13.4. The maximum absolute atomic E-state index is 13.0. The predicted molar refractivity (Wildman–Crippen MR) is 95.4 cm³/mol. The number of carbonyl (C=O) groups is 1. The van der Waals surface area contributed by atoms with Gasteiger partial charge in [0.15, 0.2) is 5.78 Å². The van der Waals surface area contributed by atoms with Crippen LogP contribution in [0.15, 0.2) is 69.9 Å². The monoisotopic (exact) mass is 348 g/mol. The zero-order valence-electron chi connectivity index (χ0n) is 13.4. The van der Waals surface area contributed by atoms with Crippen LogP contribution in [0.5, 0.6) is 0 Å². The summed E-state index contributed by atoms with van der Waals surface area (Å²) in [5.74, 6) is 0.416. The minimum atomic E-state index is -0.413. The highest BCUT2D eigenvalue weighted by Gasteiger charge is 2.40. The molecule has 2 aromatic rings. The Bertz CT molecular complexity index is 920. The molecule has 0 saturated carbocycles. The number of ketones is 1. The van der Waals surface area contributed by atoms with Crippen LogP contribution in [0, 0.1) is 11.3 Å². The minimum Gasteiger partial charge on any atom is -0.444 e. The number of thiophene rings is 1. The fraction of sp³-hybridized carbons (Fsp3) is 0.200. The number of nitrogens with two attached hydrogens (primary N) is 1. The Hall–Kier alpha value is -2.84. The molecule has 0 spiro atoms. The van der Waals surface area contributed by atoms with Crippen molar-refractivity contribution in [2.24, 2.45) is 5.73 Å². The normalized spacial score (nSPS) is 23.1. The average molecular weight is 348 g/mol. The summed E-state index contributed by atoms with van der Waals surface area (Å²) in [6, 6.07) is 14.0. The van der Waals surface area contributed by atoms with Gasteiger partial charge in [0.05, 0.1) is 5.92 Å². The number of nitrogens with zero attached hydrogens (tertiary/aromatic N) is 1. The summed E-state index contributed by atoms with van der Waals surface area (Å²) in [6.45, 7) is 0. The molecule has 0 amide bonds. The number of allylic oxidation sites excluding steroid dienone is 3. The van der Waals surface area contributed by atoms with Gasteiger partial charge in [0.1, 0.15) is 17.4 Å². The maximum atomic E-state index is 13.0. The van der Waals surface area contributed by atoms with Crippen molar-refractivity contribution in [1.29, 1.82) is 5.26 Å². The summed E-state index contributed by atoms with van der Waals surface area (Å²) in [7, 11) is 0. The van der Waals surface area contributed by atoms with Crippen LogP contribution < -0.4 is 5.73 Å². The SMILES string of the molecule is N#CC1=C(N)OC2=C(C(=O)C[C@H](c3ccccc3)C2)[C@@H]1c1ccsc1. The van der Waals surface area contributed by atoms with Gasteiger partial charge >= 0.3 is 0 Å². The number of nitriles is 1. The van der Waals surface area contributed by atoms with Crippen molar-refractivity contribution in [2.45, 2.75) is 24.7 Å². The lowest BCUT2D eigenvalue weighted by atomic mass is 9.74. The first-order chi connectivity index (χ1) is 12.2. The fourth-order valence-corrected chi connectivity index (χ4v) is 4.33. The van der Waals surface area contributed by atoms with Crippen LogP contribution in [0.2, 0.25) is 0 Å². The van der Waals surface area contributed by atoms with Gasteiger partial charge < -0.3 is 10.5 Å². The van der Waals surface area contributed by atoms with Crippen LogP contribution in [0.1, 0.15) is 35.8 Å². The molecule has 2 heterocycles. The van der Waals surface area contributed by atoms with Gasteiger partial charge in [-0.2, -0.15) is 16.6 Å². The van der Waals surface area contributed by atoms with E-state index in [1.54, 1.807) is 0 Å². The van der Waals surface area contributed by atoms with Gasteiger partial charge in [0.2, 0.25) is 5.88 Å². The first-order valence-electron chi connectivity index (χ1n) is 8.10. The topological polar surface area (TPSA) is 76.1 Å². The number of ether oxygens (including phenoxy) is 1. The van der Waals surface area contributed by atoms with Crippen LogP contribution in [-0.4, -0.2) is 5.78 Å². The molecule has 2 N–H and O–H groups in total. The molecular weight excluding hydrogens is 332 g/mol. The van der Waals surface area contributed by atoms with Crippen molar-refractivity contribution in [1.82, 2.24) is 0 Å². The van der Waals surface area contributed by atoms with Gasteiger partial charge in [-0.15, -0.1) is 0 Å². The maximum Gasteiger partial charge on any atom is 0.205 e. The molecule has 2 aliphatic rings. The Labute approximate surface area is 149 Å². The van der Waals surface area contributed by atoms with Gasteiger partial charge in [-0.1, -0.05) is 30.3 Å². The first-order valence-corrected chi connectivity index (χ1v) is 9.04. The van der Waals surface area contributed by atoms with E-state index in [0.717, 1.165) is 11.1 Å². The van der Waals surface area contributed by atoms with Gasteiger partial charge in [-0.3, -0.25) is 4.79 Å². The Morgan fingerprint density at radius 1 is 1.16 bits per heavy atom. The lowest BCUT2D eigenvalue weighted by Crippen LogP contribution is -2.29. The Morgan fingerprint density at radius 3 is 2.64 bits per heavy atom. The molecule has 0 fully saturated rings. The third-order valence-electron chi connectivity index (χ3n) is 4.81. The highest BCUT2D eigenvalue weighted by molar-refractivity contribution is 7.08. The van der Waals surface area contributed by atoms with Crippen molar-refractivity contribution >= 4 is 17.1 Å². The highest BCUT2D eigenvalue weighted by Crippen LogP contribution is 2.46. The summed E-state index contributed by atoms with van der Waals surface area (Å²) in [6.07, 6.45) is 1.04. The smallest absolute Gasteiger partial charge is 0.205 e. The summed E-state index contributed by atoms with van der Waals surface area (Å²) in [4.78, 5) is 13.0. The number of hydrogen-bond donors (Lipinski definition) is 1. The quantitative estimate of drug-likeness (QED) is 0.891. The zero-order chi connectivity index (χ0) is 17.4. The molecule has 1 aromatic heterocycles. The molecule has 1 aliphatic carbocycles. The third-order valence-corrected chi connectivity index (χ3v) is 5.51. The molecule has 2 atom stereocenters. The molecule has 5 heteroatoms. The van der Waals surface area contributed by atoms with Gasteiger partial charge in [0, 0.05) is 18.4 Å². The number of Topliss-reactive ketones (excluding diaryl/α,β-unsaturated/α-hetero) is 1. The Kier molecular flexibility index (Phi) is 3.90. The van der Waals surface area contributed by atoms with Crippen molar-refractivity contribution < 1.29 is 9.53 Å². The molecule has 4 nitrogen and oxygen atoms in total. The van der Waals surface area contributed by atoms with E-state index in [0.29, 0.717) is 29.7 Å². The lowest BCUT2D eigenvalue weighted by Gasteiger charge is -2.33. The van der Waals surface area contributed by atoms with Crippen LogP contribution in [0.4, 0.5) is 0 Å². The van der Waals surface area contributed by atoms with Gasteiger partial charge in [-0.05, 0) is 33.9 Å². The number of rotatable bonds is 2. The van der Waals surface area contributed by atoms with E-state index in [1.165, 1.54) is 11.3 Å². The van der Waals surface area contributed by atoms with Crippen LogP contribution >= 0.6 is 11.3 Å². The van der Waals surface area contributed by atoms with E-state index >= 15 is 0 Å². The van der Waals surface area contributed by atoms with Crippen molar-refractivity contribution in [3.8, 4) is 6.07 Å². The van der Waals surface area contributed by atoms with E-state index < -0.39 is 5.92 Å². The van der Waals surface area contributed by atoms with Crippen molar-refractivity contribution in [3.05, 3.63) is 81.1 Å². The molecule has 25 heavy (non-hydrogen) atoms. The number of hydrogen-bond acceptors (Lipinski definition) is 5. The molecule has 0 saturated heterocycles. The van der Waals surface area contributed by atoms with Crippen molar-refractivity contribution in [2.75, 3.05) is 0 Å². The predicted octanol–water partition coefficient (Wildman–Crippen LogP) is 3.96. The largest absolute Gasteiger partial charge is 0.444 e. The average Bonchev–Trinajstić information content (AvgIpc) is 3.15. The molecular formula is C20H16N2O2S. The molecule has 124 valence electrons. The second kappa shape index (κ2) is 6.23. The van der Waals surface area contributed by atoms with Gasteiger partial charge in [-0.25, -0.2) is 0 Å². The number of carbonyl (C=O) groups excluding carboxylic acids is 1. The summed E-state index contributed by atoms with van der Waals surface area (Å²) >= 11 is 1.54. The van der Waals surface area contributed by atoms with Gasteiger partial charge in [0.25, 0.3) is 0 Å². The highest BCUT2D eigenvalue weighted by atomic mass is 32.1. The zero-order valence-corrected chi connectivity index (χ0v) is 14.3. The first kappa shape index (κ1) is 15.7. The summed E-state index contributed by atoms with van der Waals surface area (Å²) in [5.41, 5.74) is 8.97. The second-order valence-corrected chi connectivity index (χ2v) is 7.04. The molecule has 0 radical (unpaired) electrons. The Balaban J connectivity index is 1.78.